The number of hydrogen-bond acceptors (Lipinski definition) is 1. The summed E-state index contributed by atoms with van der Waals surface area (Å²) in [6, 6.07) is 7.93. The van der Waals surface area contributed by atoms with E-state index in [0.29, 0.717) is 0 Å². The number of unbranched alkanes of at least 4 members (excludes halogenated alkanes) is 1. The molecular formula is C14H20O2. The van der Waals surface area contributed by atoms with Crippen LogP contribution in [0.4, 0.5) is 0 Å². The third-order valence-corrected chi connectivity index (χ3v) is 3.00. The van der Waals surface area contributed by atoms with Crippen LogP contribution in [0.5, 0.6) is 0 Å². The van der Waals surface area contributed by atoms with Crippen LogP contribution in [0.15, 0.2) is 24.3 Å². The third-order valence-electron chi connectivity index (χ3n) is 3.00. The van der Waals surface area contributed by atoms with Gasteiger partial charge in [0.15, 0.2) is 0 Å². The van der Waals surface area contributed by atoms with Crippen molar-refractivity contribution in [1.29, 1.82) is 0 Å². The van der Waals surface area contributed by atoms with Crippen LogP contribution in [-0.4, -0.2) is 11.1 Å². The summed E-state index contributed by atoms with van der Waals surface area (Å²) in [5, 5.41) is 9.16. The molecule has 0 saturated heterocycles. The monoisotopic (exact) mass is 220 g/mol. The van der Waals surface area contributed by atoms with Crippen LogP contribution in [-0.2, 0) is 16.6 Å². The van der Waals surface area contributed by atoms with Crippen LogP contribution in [0, 0.1) is 0 Å². The van der Waals surface area contributed by atoms with E-state index in [4.69, 9.17) is 5.11 Å². The van der Waals surface area contributed by atoms with E-state index in [1.807, 2.05) is 18.2 Å². The lowest BCUT2D eigenvalue weighted by molar-refractivity contribution is -0.142. The zero-order valence-electron chi connectivity index (χ0n) is 10.3. The van der Waals surface area contributed by atoms with Crippen LogP contribution in [0.2, 0.25) is 0 Å². The molecule has 2 heteroatoms. The van der Waals surface area contributed by atoms with Gasteiger partial charge in [-0.3, -0.25) is 4.79 Å². The second-order valence-electron chi connectivity index (χ2n) is 4.73. The maximum absolute atomic E-state index is 11.1. The molecular weight excluding hydrogens is 200 g/mol. The van der Waals surface area contributed by atoms with Gasteiger partial charge in [-0.15, -0.1) is 0 Å². The molecule has 0 saturated carbocycles. The second-order valence-corrected chi connectivity index (χ2v) is 4.73. The summed E-state index contributed by atoms with van der Waals surface area (Å²) in [6.45, 7) is 5.65. The second kappa shape index (κ2) is 5.15. The Morgan fingerprint density at radius 3 is 2.62 bits per heavy atom. The molecule has 0 radical (unpaired) electrons. The average Bonchev–Trinajstić information content (AvgIpc) is 2.26. The molecule has 0 aromatic heterocycles. The Morgan fingerprint density at radius 1 is 1.38 bits per heavy atom. The van der Waals surface area contributed by atoms with E-state index in [2.05, 4.69) is 13.0 Å². The highest BCUT2D eigenvalue weighted by Crippen LogP contribution is 2.24. The average molecular weight is 220 g/mol. The minimum Gasteiger partial charge on any atom is -0.481 e. The standard InChI is InChI=1S/C14H20O2/c1-4-5-7-11-8-6-9-12(10-11)14(2,3)13(15)16/h6,8-10H,4-5,7H2,1-3H3,(H,15,16). The van der Waals surface area contributed by atoms with Crippen LogP contribution in [0.1, 0.15) is 44.7 Å². The molecule has 1 rings (SSSR count). The number of carbonyl (C=O) groups is 1. The predicted molar refractivity (Wildman–Crippen MR) is 65.7 cm³/mol. The highest BCUT2D eigenvalue weighted by Gasteiger charge is 2.29. The first-order valence-corrected chi connectivity index (χ1v) is 5.81. The maximum Gasteiger partial charge on any atom is 0.313 e. The first kappa shape index (κ1) is 12.8. The zero-order valence-corrected chi connectivity index (χ0v) is 10.3. The molecule has 88 valence electrons. The Hall–Kier alpha value is -1.31. The summed E-state index contributed by atoms with van der Waals surface area (Å²) in [5.41, 5.74) is 1.31. The van der Waals surface area contributed by atoms with Crippen molar-refractivity contribution in [3.8, 4) is 0 Å². The van der Waals surface area contributed by atoms with Gasteiger partial charge in [-0.1, -0.05) is 37.6 Å². The molecule has 0 spiro atoms. The summed E-state index contributed by atoms with van der Waals surface area (Å²) >= 11 is 0. The Morgan fingerprint density at radius 2 is 2.06 bits per heavy atom. The lowest BCUT2D eigenvalue weighted by Crippen LogP contribution is -2.28. The number of rotatable bonds is 5. The van der Waals surface area contributed by atoms with Crippen molar-refractivity contribution in [2.75, 3.05) is 0 Å². The Kier molecular flexibility index (Phi) is 4.11. The molecule has 0 heterocycles. The largest absolute Gasteiger partial charge is 0.481 e. The Balaban J connectivity index is 2.93. The normalized spacial score (nSPS) is 11.4. The van der Waals surface area contributed by atoms with E-state index in [9.17, 15) is 4.79 Å². The fraction of sp³-hybridized carbons (Fsp3) is 0.500. The van der Waals surface area contributed by atoms with E-state index >= 15 is 0 Å². The third kappa shape index (κ3) is 2.84. The van der Waals surface area contributed by atoms with Crippen molar-refractivity contribution in [2.24, 2.45) is 0 Å². The molecule has 0 aliphatic rings. The van der Waals surface area contributed by atoms with Gasteiger partial charge in [0.25, 0.3) is 0 Å². The maximum atomic E-state index is 11.1. The van der Waals surface area contributed by atoms with Crippen LogP contribution >= 0.6 is 0 Å². The number of hydrogen-bond donors (Lipinski definition) is 1. The van der Waals surface area contributed by atoms with Gasteiger partial charge < -0.3 is 5.11 Å². The Labute approximate surface area is 97.3 Å². The van der Waals surface area contributed by atoms with E-state index in [0.717, 1.165) is 24.8 Å². The van der Waals surface area contributed by atoms with Crippen molar-refractivity contribution >= 4 is 5.97 Å². The highest BCUT2D eigenvalue weighted by atomic mass is 16.4. The van der Waals surface area contributed by atoms with Crippen LogP contribution in [0.3, 0.4) is 0 Å². The number of benzene rings is 1. The van der Waals surface area contributed by atoms with E-state index in [1.54, 1.807) is 13.8 Å². The number of carboxylic acids is 1. The van der Waals surface area contributed by atoms with Crippen molar-refractivity contribution < 1.29 is 9.90 Å². The smallest absolute Gasteiger partial charge is 0.313 e. The first-order valence-electron chi connectivity index (χ1n) is 5.81. The summed E-state index contributed by atoms with van der Waals surface area (Å²) < 4.78 is 0. The molecule has 2 nitrogen and oxygen atoms in total. The Bertz CT molecular complexity index is 367. The fourth-order valence-corrected chi connectivity index (χ4v) is 1.62. The van der Waals surface area contributed by atoms with E-state index in [1.165, 1.54) is 5.56 Å². The van der Waals surface area contributed by atoms with Crippen molar-refractivity contribution in [3.05, 3.63) is 35.4 Å². The van der Waals surface area contributed by atoms with Gasteiger partial charge >= 0.3 is 5.97 Å². The summed E-state index contributed by atoms with van der Waals surface area (Å²) in [4.78, 5) is 11.1. The summed E-state index contributed by atoms with van der Waals surface area (Å²) in [6.07, 6.45) is 3.34. The predicted octanol–water partition coefficient (Wildman–Crippen LogP) is 3.39. The lowest BCUT2D eigenvalue weighted by atomic mass is 9.84. The highest BCUT2D eigenvalue weighted by molar-refractivity contribution is 5.80. The fourth-order valence-electron chi connectivity index (χ4n) is 1.62. The molecule has 16 heavy (non-hydrogen) atoms. The molecule has 0 unspecified atom stereocenters. The van der Waals surface area contributed by atoms with Crippen molar-refractivity contribution in [3.63, 3.8) is 0 Å². The molecule has 0 aliphatic carbocycles. The van der Waals surface area contributed by atoms with Gasteiger partial charge in [-0.25, -0.2) is 0 Å². The first-order chi connectivity index (χ1) is 7.48. The molecule has 0 bridgehead atoms. The molecule has 1 aromatic rings. The van der Waals surface area contributed by atoms with Gasteiger partial charge in [0.05, 0.1) is 5.41 Å². The molecule has 1 aromatic carbocycles. The summed E-state index contributed by atoms with van der Waals surface area (Å²) in [7, 11) is 0. The molecule has 0 aliphatic heterocycles. The van der Waals surface area contributed by atoms with Gasteiger partial charge in [0.2, 0.25) is 0 Å². The topological polar surface area (TPSA) is 37.3 Å². The van der Waals surface area contributed by atoms with Gasteiger partial charge in [-0.2, -0.15) is 0 Å². The van der Waals surface area contributed by atoms with Crippen LogP contribution in [0.25, 0.3) is 0 Å². The number of aliphatic carboxylic acids is 1. The molecule has 1 N–H and O–H groups in total. The quantitative estimate of drug-likeness (QED) is 0.825. The van der Waals surface area contributed by atoms with Crippen LogP contribution < -0.4 is 0 Å². The number of carboxylic acid groups (broad SMARTS) is 1. The molecule has 0 fully saturated rings. The minimum absolute atomic E-state index is 0.778. The number of aryl methyl sites for hydroxylation is 1. The summed E-state index contributed by atoms with van der Waals surface area (Å²) in [5.74, 6) is -0.778. The minimum atomic E-state index is -0.803. The van der Waals surface area contributed by atoms with Gasteiger partial charge in [0.1, 0.15) is 0 Å². The van der Waals surface area contributed by atoms with Crippen molar-refractivity contribution in [1.82, 2.24) is 0 Å². The van der Waals surface area contributed by atoms with Crippen molar-refractivity contribution in [2.45, 2.75) is 45.4 Å². The lowest BCUT2D eigenvalue weighted by Gasteiger charge is -2.20. The van der Waals surface area contributed by atoms with Gasteiger partial charge in [0, 0.05) is 0 Å². The zero-order chi connectivity index (χ0) is 12.2. The van der Waals surface area contributed by atoms with Gasteiger partial charge in [-0.05, 0) is 37.8 Å². The molecule has 0 amide bonds. The SMILES string of the molecule is CCCCc1cccc(C(C)(C)C(=O)O)c1. The molecule has 0 atom stereocenters. The van der Waals surface area contributed by atoms with E-state index in [-0.39, 0.29) is 0 Å². The van der Waals surface area contributed by atoms with E-state index < -0.39 is 11.4 Å².